The Morgan fingerprint density at radius 3 is 3.04 bits per heavy atom. The standard InChI is InChI=1S/C17H26Cl2N4O/c1-2-23-8-3-4-15(23)11-22-17(20)21-7-9-24-12-13-5-6-14(18)10-16(13)19/h5-6,10,15H,2-4,7-9,11-12H2,1H3,(H3,20,21,22). The average molecular weight is 373 g/mol. The highest BCUT2D eigenvalue weighted by atomic mass is 35.5. The van der Waals surface area contributed by atoms with Crippen LogP contribution in [0.4, 0.5) is 0 Å². The average Bonchev–Trinajstić information content (AvgIpc) is 3.02. The van der Waals surface area contributed by atoms with E-state index < -0.39 is 0 Å². The van der Waals surface area contributed by atoms with Crippen molar-refractivity contribution in [1.29, 1.82) is 0 Å². The molecule has 1 aliphatic heterocycles. The summed E-state index contributed by atoms with van der Waals surface area (Å²) in [5.74, 6) is 0.478. The molecule has 1 unspecified atom stereocenters. The Hall–Kier alpha value is -1.01. The van der Waals surface area contributed by atoms with E-state index in [1.54, 1.807) is 12.1 Å². The molecule has 0 aromatic heterocycles. The van der Waals surface area contributed by atoms with E-state index in [0.29, 0.717) is 41.8 Å². The predicted molar refractivity (Wildman–Crippen MR) is 101 cm³/mol. The van der Waals surface area contributed by atoms with Crippen LogP contribution in [0.25, 0.3) is 0 Å². The number of likely N-dealkylation sites (tertiary alicyclic amines) is 1. The molecule has 0 spiro atoms. The van der Waals surface area contributed by atoms with Gasteiger partial charge >= 0.3 is 0 Å². The van der Waals surface area contributed by atoms with Crippen LogP contribution in [0.1, 0.15) is 25.3 Å². The fraction of sp³-hybridized carbons (Fsp3) is 0.588. The molecule has 0 saturated carbocycles. The summed E-state index contributed by atoms with van der Waals surface area (Å²) in [6.07, 6.45) is 2.46. The summed E-state index contributed by atoms with van der Waals surface area (Å²) in [5.41, 5.74) is 6.82. The number of hydrogen-bond donors (Lipinski definition) is 2. The van der Waals surface area contributed by atoms with Gasteiger partial charge in [0.05, 0.1) is 19.8 Å². The number of likely N-dealkylation sites (N-methyl/N-ethyl adjacent to an activating group) is 1. The molecule has 7 heteroatoms. The van der Waals surface area contributed by atoms with Crippen LogP contribution < -0.4 is 11.1 Å². The molecule has 24 heavy (non-hydrogen) atoms. The number of nitrogens with one attached hydrogen (secondary N) is 1. The molecular formula is C17H26Cl2N4O. The van der Waals surface area contributed by atoms with Crippen molar-refractivity contribution in [3.05, 3.63) is 33.8 Å². The van der Waals surface area contributed by atoms with Gasteiger partial charge in [-0.2, -0.15) is 0 Å². The molecule has 1 heterocycles. The van der Waals surface area contributed by atoms with Gasteiger partial charge in [0.25, 0.3) is 0 Å². The first-order chi connectivity index (χ1) is 11.6. The summed E-state index contributed by atoms with van der Waals surface area (Å²) in [7, 11) is 0. The van der Waals surface area contributed by atoms with E-state index in [0.717, 1.165) is 18.7 Å². The highest BCUT2D eigenvalue weighted by Gasteiger charge is 2.22. The van der Waals surface area contributed by atoms with Gasteiger partial charge in [-0.05, 0) is 43.6 Å². The number of nitrogens with two attached hydrogens (primary N) is 1. The lowest BCUT2D eigenvalue weighted by Crippen LogP contribution is -2.37. The molecule has 1 aliphatic rings. The molecule has 1 saturated heterocycles. The largest absolute Gasteiger partial charge is 0.375 e. The van der Waals surface area contributed by atoms with Crippen LogP contribution in [0.5, 0.6) is 0 Å². The van der Waals surface area contributed by atoms with Crippen LogP contribution in [-0.4, -0.2) is 49.7 Å². The molecule has 5 nitrogen and oxygen atoms in total. The van der Waals surface area contributed by atoms with Crippen molar-refractivity contribution in [3.63, 3.8) is 0 Å². The van der Waals surface area contributed by atoms with Crippen LogP contribution in [0.2, 0.25) is 10.0 Å². The second-order valence-electron chi connectivity index (χ2n) is 5.87. The second kappa shape index (κ2) is 10.1. The molecule has 0 radical (unpaired) electrons. The van der Waals surface area contributed by atoms with Gasteiger partial charge in [-0.25, -0.2) is 0 Å². The zero-order valence-corrected chi connectivity index (χ0v) is 15.6. The van der Waals surface area contributed by atoms with Crippen LogP contribution in [0, 0.1) is 0 Å². The number of guanidine groups is 1. The van der Waals surface area contributed by atoms with Crippen molar-refractivity contribution in [2.24, 2.45) is 10.7 Å². The van der Waals surface area contributed by atoms with Crippen molar-refractivity contribution in [3.8, 4) is 0 Å². The van der Waals surface area contributed by atoms with Crippen LogP contribution >= 0.6 is 23.2 Å². The first kappa shape index (κ1) is 19.3. The lowest BCUT2D eigenvalue weighted by molar-refractivity contribution is 0.125. The maximum Gasteiger partial charge on any atom is 0.188 e. The summed E-state index contributed by atoms with van der Waals surface area (Å²) in [4.78, 5) is 6.89. The van der Waals surface area contributed by atoms with E-state index in [1.807, 2.05) is 6.07 Å². The molecule has 2 rings (SSSR count). The van der Waals surface area contributed by atoms with Crippen molar-refractivity contribution < 1.29 is 4.74 Å². The fourth-order valence-electron chi connectivity index (χ4n) is 2.85. The van der Waals surface area contributed by atoms with E-state index in [4.69, 9.17) is 33.7 Å². The van der Waals surface area contributed by atoms with Gasteiger partial charge in [0, 0.05) is 22.6 Å². The second-order valence-corrected chi connectivity index (χ2v) is 6.71. The van der Waals surface area contributed by atoms with Gasteiger partial charge in [-0.15, -0.1) is 0 Å². The SMILES string of the molecule is CCN1CCCC1CN=C(N)NCCOCc1ccc(Cl)cc1Cl. The van der Waals surface area contributed by atoms with Gasteiger partial charge in [0.2, 0.25) is 0 Å². The third-order valence-electron chi connectivity index (χ3n) is 4.20. The van der Waals surface area contributed by atoms with E-state index in [1.165, 1.54) is 19.4 Å². The first-order valence-electron chi connectivity index (χ1n) is 8.39. The number of hydrogen-bond acceptors (Lipinski definition) is 3. The highest BCUT2D eigenvalue weighted by Crippen LogP contribution is 2.21. The van der Waals surface area contributed by atoms with E-state index >= 15 is 0 Å². The third-order valence-corrected chi connectivity index (χ3v) is 4.79. The molecule has 1 aromatic carbocycles. The summed E-state index contributed by atoms with van der Waals surface area (Å²) < 4.78 is 5.59. The number of nitrogens with zero attached hydrogens (tertiary/aromatic N) is 2. The molecule has 0 bridgehead atoms. The molecule has 1 aromatic rings. The molecule has 0 aliphatic carbocycles. The number of aliphatic imine (C=N–C) groups is 1. The summed E-state index contributed by atoms with van der Waals surface area (Å²) in [5, 5.41) is 4.32. The molecule has 134 valence electrons. The van der Waals surface area contributed by atoms with E-state index in [2.05, 4.69) is 22.1 Å². The maximum atomic E-state index is 6.10. The van der Waals surface area contributed by atoms with E-state index in [9.17, 15) is 0 Å². The molecule has 3 N–H and O–H groups in total. The third kappa shape index (κ3) is 6.13. The zero-order chi connectivity index (χ0) is 17.4. The van der Waals surface area contributed by atoms with Crippen LogP contribution in [-0.2, 0) is 11.3 Å². The lowest BCUT2D eigenvalue weighted by Gasteiger charge is -2.20. The van der Waals surface area contributed by atoms with Crippen molar-refractivity contribution >= 4 is 29.2 Å². The topological polar surface area (TPSA) is 62.9 Å². The zero-order valence-electron chi connectivity index (χ0n) is 14.1. The Balaban J connectivity index is 1.62. The van der Waals surface area contributed by atoms with Crippen molar-refractivity contribution in [1.82, 2.24) is 10.2 Å². The van der Waals surface area contributed by atoms with Gasteiger partial charge in [0.15, 0.2) is 5.96 Å². The monoisotopic (exact) mass is 372 g/mol. The number of halogens is 2. The van der Waals surface area contributed by atoms with E-state index in [-0.39, 0.29) is 0 Å². The normalized spacial score (nSPS) is 19.0. The molecular weight excluding hydrogens is 347 g/mol. The Bertz CT molecular complexity index is 553. The number of ether oxygens (including phenoxy) is 1. The molecule has 1 atom stereocenters. The molecule has 1 fully saturated rings. The minimum absolute atomic E-state index is 0.447. The Labute approximate surface area is 154 Å². The summed E-state index contributed by atoms with van der Waals surface area (Å²) >= 11 is 12.0. The minimum atomic E-state index is 0.447. The quantitative estimate of drug-likeness (QED) is 0.418. The van der Waals surface area contributed by atoms with Crippen LogP contribution in [0.3, 0.4) is 0 Å². The summed E-state index contributed by atoms with van der Waals surface area (Å²) in [6.45, 7) is 6.78. The van der Waals surface area contributed by atoms with Gasteiger partial charge in [-0.1, -0.05) is 36.2 Å². The number of benzene rings is 1. The van der Waals surface area contributed by atoms with Gasteiger partial charge in [-0.3, -0.25) is 9.89 Å². The van der Waals surface area contributed by atoms with Gasteiger partial charge in [0.1, 0.15) is 0 Å². The van der Waals surface area contributed by atoms with Gasteiger partial charge < -0.3 is 15.8 Å². The smallest absolute Gasteiger partial charge is 0.188 e. The Morgan fingerprint density at radius 2 is 2.29 bits per heavy atom. The fourth-order valence-corrected chi connectivity index (χ4v) is 3.31. The first-order valence-corrected chi connectivity index (χ1v) is 9.15. The lowest BCUT2D eigenvalue weighted by atomic mass is 10.2. The number of rotatable bonds is 8. The molecule has 0 amide bonds. The predicted octanol–water partition coefficient (Wildman–Crippen LogP) is 2.90. The van der Waals surface area contributed by atoms with Crippen molar-refractivity contribution in [2.75, 3.05) is 32.8 Å². The summed E-state index contributed by atoms with van der Waals surface area (Å²) in [6, 6.07) is 5.92. The van der Waals surface area contributed by atoms with Crippen molar-refractivity contribution in [2.45, 2.75) is 32.4 Å². The highest BCUT2D eigenvalue weighted by molar-refractivity contribution is 6.35. The Kier molecular flexibility index (Phi) is 8.12. The Morgan fingerprint density at radius 1 is 1.46 bits per heavy atom. The minimum Gasteiger partial charge on any atom is -0.375 e. The van der Waals surface area contributed by atoms with Crippen LogP contribution in [0.15, 0.2) is 23.2 Å². The maximum absolute atomic E-state index is 6.10.